The third kappa shape index (κ3) is 5.15. The molecule has 9 heavy (non-hydrogen) atoms. The van der Waals surface area contributed by atoms with Gasteiger partial charge in [0, 0.05) is 0 Å². The van der Waals surface area contributed by atoms with Crippen LogP contribution >= 0.6 is 0 Å². The molecule has 1 atom stereocenters. The molecule has 0 saturated carbocycles. The molecule has 0 aromatic carbocycles. The first-order chi connectivity index (χ1) is 3.98. The van der Waals surface area contributed by atoms with Gasteiger partial charge >= 0.3 is 72.9 Å². The van der Waals surface area contributed by atoms with E-state index in [2.05, 4.69) is 0 Å². The monoisotopic (exact) mass is 158 g/mol. The van der Waals surface area contributed by atoms with Crippen molar-refractivity contribution in [3.05, 3.63) is 0 Å². The Labute approximate surface area is 72.4 Å². The third-order valence-corrected chi connectivity index (χ3v) is 4.06. The maximum atomic E-state index is 10.0. The molecule has 2 N–H and O–H groups in total. The van der Waals surface area contributed by atoms with Crippen LogP contribution in [0.15, 0.2) is 0 Å². The van der Waals surface area contributed by atoms with E-state index >= 15 is 0 Å². The van der Waals surface area contributed by atoms with Crippen molar-refractivity contribution in [2.45, 2.75) is 18.1 Å². The SMILES string of the molecule is [CH3][Ca][C](C)(O)CC(=O)O. The van der Waals surface area contributed by atoms with Crippen molar-refractivity contribution in [1.29, 1.82) is 0 Å². The molecule has 0 aliphatic heterocycles. The first-order valence-electron chi connectivity index (χ1n) is 2.92. The number of aliphatic hydroxyl groups is 1. The van der Waals surface area contributed by atoms with Gasteiger partial charge in [-0.15, -0.1) is 0 Å². The van der Waals surface area contributed by atoms with E-state index in [1.54, 1.807) is 6.92 Å². The van der Waals surface area contributed by atoms with Gasteiger partial charge in [0.1, 0.15) is 0 Å². The molecular formula is C5H10CaO3. The van der Waals surface area contributed by atoms with Gasteiger partial charge in [-0.05, 0) is 0 Å². The molecular weight excluding hydrogens is 148 g/mol. The van der Waals surface area contributed by atoms with E-state index in [4.69, 9.17) is 5.11 Å². The summed E-state index contributed by atoms with van der Waals surface area (Å²) in [7, 11) is 0. The van der Waals surface area contributed by atoms with Crippen LogP contribution in [0.2, 0.25) is 3.02 Å². The molecule has 3 nitrogen and oxygen atoms in total. The van der Waals surface area contributed by atoms with E-state index in [-0.39, 0.29) is 6.42 Å². The Hall–Kier alpha value is 0.690. The molecule has 0 radical (unpaired) electrons. The van der Waals surface area contributed by atoms with Crippen molar-refractivity contribution in [3.63, 3.8) is 0 Å². The fourth-order valence-electron chi connectivity index (χ4n) is 0.451. The van der Waals surface area contributed by atoms with Gasteiger partial charge in [-0.3, -0.25) is 0 Å². The molecule has 0 bridgehead atoms. The van der Waals surface area contributed by atoms with Crippen LogP contribution in [-0.2, 0) is 4.79 Å². The summed E-state index contributed by atoms with van der Waals surface area (Å²) in [5.41, 5.74) is 0. The molecule has 0 rings (SSSR count). The van der Waals surface area contributed by atoms with Gasteiger partial charge in [-0.1, -0.05) is 0 Å². The normalized spacial score (nSPS) is 15.9. The summed E-state index contributed by atoms with van der Waals surface area (Å²) < 4.78 is 1.09. The van der Waals surface area contributed by atoms with E-state index < -0.39 is 41.5 Å². The predicted molar refractivity (Wildman–Crippen MR) is 34.5 cm³/mol. The van der Waals surface area contributed by atoms with Crippen molar-refractivity contribution < 1.29 is 15.0 Å². The number of rotatable bonds is 3. The summed E-state index contributed by atoms with van der Waals surface area (Å²) in [6, 6.07) is 0. The van der Waals surface area contributed by atoms with Gasteiger partial charge in [-0.25, -0.2) is 0 Å². The number of hydrogen-bond donors (Lipinski definition) is 2. The first-order valence-corrected chi connectivity index (χ1v) is 6.23. The number of carbonyl (C=O) groups is 1. The summed E-state index contributed by atoms with van der Waals surface area (Å²) in [6.07, 6.45) is -0.0938. The van der Waals surface area contributed by atoms with E-state index in [1.165, 1.54) is 0 Å². The van der Waals surface area contributed by atoms with E-state index in [0.29, 0.717) is 0 Å². The average molecular weight is 158 g/mol. The molecule has 50 valence electrons. The third-order valence-electron chi connectivity index (χ3n) is 1.29. The van der Waals surface area contributed by atoms with Gasteiger partial charge in [0.05, 0.1) is 0 Å². The van der Waals surface area contributed by atoms with Gasteiger partial charge in [-0.2, -0.15) is 0 Å². The maximum absolute atomic E-state index is 10.0. The van der Waals surface area contributed by atoms with Crippen molar-refractivity contribution in [1.82, 2.24) is 0 Å². The Kier molecular flexibility index (Phi) is 4.05. The van der Waals surface area contributed by atoms with Crippen molar-refractivity contribution in [3.8, 4) is 0 Å². The van der Waals surface area contributed by atoms with Gasteiger partial charge < -0.3 is 0 Å². The van der Waals surface area contributed by atoms with E-state index in [0.717, 1.165) is 0 Å². The minimum atomic E-state index is -1.01. The van der Waals surface area contributed by atoms with E-state index in [1.807, 2.05) is 3.02 Å². The zero-order valence-electron chi connectivity index (χ0n) is 5.72. The fourth-order valence-corrected chi connectivity index (χ4v) is 1.18. The summed E-state index contributed by atoms with van der Waals surface area (Å²) in [4.78, 5) is 10.0. The molecule has 0 aliphatic rings. The number of carboxylic acids is 1. The van der Waals surface area contributed by atoms with Gasteiger partial charge in [0.2, 0.25) is 0 Å². The Morgan fingerprint density at radius 1 is 1.78 bits per heavy atom. The second-order valence-corrected chi connectivity index (χ2v) is 5.90. The molecule has 0 aromatic heterocycles. The predicted octanol–water partition coefficient (Wildman–Crippen LogP) is -0.0781. The molecule has 0 spiro atoms. The topological polar surface area (TPSA) is 57.5 Å². The second kappa shape index (κ2) is 3.76. The summed E-state index contributed by atoms with van der Waals surface area (Å²) >= 11 is -1.01. The molecule has 0 fully saturated rings. The van der Waals surface area contributed by atoms with Crippen LogP contribution in [0.1, 0.15) is 13.3 Å². The summed E-state index contributed by atoms with van der Waals surface area (Å²) in [5.74, 6) is -0.910. The molecule has 0 heterocycles. The van der Waals surface area contributed by atoms with Gasteiger partial charge in [0.25, 0.3) is 0 Å². The second-order valence-electron chi connectivity index (χ2n) is 2.42. The zero-order chi connectivity index (χ0) is 7.49. The van der Waals surface area contributed by atoms with Crippen molar-refractivity contribution in [2.75, 3.05) is 0 Å². The van der Waals surface area contributed by atoms with Crippen molar-refractivity contribution in [2.24, 2.45) is 0 Å². The molecule has 0 amide bonds. The van der Waals surface area contributed by atoms with Crippen LogP contribution in [0.3, 0.4) is 0 Å². The van der Waals surface area contributed by atoms with Crippen molar-refractivity contribution >= 4 is 39.8 Å². The van der Waals surface area contributed by atoms with Gasteiger partial charge in [0.15, 0.2) is 0 Å². The quantitative estimate of drug-likeness (QED) is 0.565. The van der Waals surface area contributed by atoms with Crippen LogP contribution in [0, 0.1) is 0 Å². The Bertz CT molecular complexity index is 111. The molecule has 1 unspecified atom stereocenters. The van der Waals surface area contributed by atoms with Crippen LogP contribution in [0.25, 0.3) is 0 Å². The van der Waals surface area contributed by atoms with Crippen LogP contribution < -0.4 is 0 Å². The molecule has 0 saturated heterocycles. The first kappa shape index (κ1) is 9.69. The van der Waals surface area contributed by atoms with E-state index in [9.17, 15) is 9.90 Å². The molecule has 0 aliphatic carbocycles. The molecule has 4 heteroatoms. The number of aliphatic carboxylic acids is 1. The summed E-state index contributed by atoms with van der Waals surface area (Å²) in [5, 5.41) is 17.4. The van der Waals surface area contributed by atoms with Crippen LogP contribution in [0.5, 0.6) is 0 Å². The minimum absolute atomic E-state index is 0.0938. The molecule has 0 aromatic rings. The Morgan fingerprint density at radius 2 is 2.22 bits per heavy atom. The Morgan fingerprint density at radius 3 is 2.33 bits per heavy atom. The zero-order valence-corrected chi connectivity index (χ0v) is 7.93. The standard InChI is InChI=1S/C4H7O3.CH3.Ca/c1-3(5)2-4(6)7;;/h5H,2H2,1H3,(H,6,7);1H3;. The number of hydrogen-bond acceptors (Lipinski definition) is 2. The number of carboxylic acid groups (broad SMARTS) is 1. The van der Waals surface area contributed by atoms with Crippen LogP contribution in [0.4, 0.5) is 0 Å². The fraction of sp³-hybridized carbons (Fsp3) is 0.800. The average Bonchev–Trinajstić information content (AvgIpc) is 1.63. The summed E-state index contributed by atoms with van der Waals surface area (Å²) in [6.45, 7) is 1.60. The Balaban J connectivity index is 3.71. The van der Waals surface area contributed by atoms with Crippen LogP contribution in [-0.4, -0.2) is 51.7 Å².